The lowest BCUT2D eigenvalue weighted by Gasteiger charge is -2.11. The van der Waals surface area contributed by atoms with Gasteiger partial charge < -0.3 is 20.5 Å². The Kier molecular flexibility index (Phi) is 5.93. The van der Waals surface area contributed by atoms with Crippen molar-refractivity contribution in [2.75, 3.05) is 18.5 Å². The Hall–Kier alpha value is -3.06. The van der Waals surface area contributed by atoms with E-state index in [9.17, 15) is 0 Å². The summed E-state index contributed by atoms with van der Waals surface area (Å²) < 4.78 is 11.3. The van der Waals surface area contributed by atoms with Gasteiger partial charge in [-0.05, 0) is 44.2 Å². The number of nitrogens with zero attached hydrogens (tertiary/aromatic N) is 1. The number of hydrogen-bond acceptors (Lipinski definition) is 5. The van der Waals surface area contributed by atoms with Crippen molar-refractivity contribution in [2.24, 2.45) is 5.73 Å². The quantitative estimate of drug-likeness (QED) is 0.411. The van der Waals surface area contributed by atoms with Crippen LogP contribution >= 0.6 is 11.3 Å². The number of thiazole rings is 1. The van der Waals surface area contributed by atoms with E-state index in [-0.39, 0.29) is 5.96 Å². The van der Waals surface area contributed by atoms with Crippen LogP contribution in [0.3, 0.4) is 0 Å². The molecule has 3 aromatic rings. The van der Waals surface area contributed by atoms with Crippen LogP contribution in [0.5, 0.6) is 11.5 Å². The van der Waals surface area contributed by atoms with Gasteiger partial charge in [0.2, 0.25) is 0 Å². The maximum absolute atomic E-state index is 7.36. The Morgan fingerprint density at radius 1 is 1.07 bits per heavy atom. The number of benzene rings is 2. The van der Waals surface area contributed by atoms with E-state index in [1.54, 1.807) is 11.3 Å². The van der Waals surface area contributed by atoms with Gasteiger partial charge in [0.15, 0.2) is 17.5 Å². The molecule has 27 heavy (non-hydrogen) atoms. The molecule has 1 heterocycles. The minimum absolute atomic E-state index is 0.0936. The largest absolute Gasteiger partial charge is 0.490 e. The Labute approximate surface area is 162 Å². The molecule has 4 N–H and O–H groups in total. The molecule has 0 bridgehead atoms. The van der Waals surface area contributed by atoms with E-state index in [0.29, 0.717) is 13.2 Å². The Morgan fingerprint density at radius 3 is 2.59 bits per heavy atom. The molecule has 0 spiro atoms. The Balaban J connectivity index is 1.89. The molecule has 0 amide bonds. The molecular weight excluding hydrogens is 360 g/mol. The van der Waals surface area contributed by atoms with Gasteiger partial charge in [-0.15, -0.1) is 11.3 Å². The average Bonchev–Trinajstić information content (AvgIpc) is 3.13. The van der Waals surface area contributed by atoms with Crippen molar-refractivity contribution in [3.05, 3.63) is 47.8 Å². The first-order chi connectivity index (χ1) is 13.1. The molecule has 0 saturated heterocycles. The van der Waals surface area contributed by atoms with Crippen LogP contribution in [0.4, 0.5) is 5.69 Å². The van der Waals surface area contributed by atoms with Crippen molar-refractivity contribution >= 4 is 23.0 Å². The number of nitrogens with one attached hydrogen (secondary N) is 2. The van der Waals surface area contributed by atoms with Gasteiger partial charge in [0.25, 0.3) is 0 Å². The lowest BCUT2D eigenvalue weighted by atomic mass is 10.1. The fourth-order valence-corrected chi connectivity index (χ4v) is 3.46. The van der Waals surface area contributed by atoms with Crippen LogP contribution in [0.2, 0.25) is 0 Å². The number of guanidine groups is 1. The highest BCUT2D eigenvalue weighted by atomic mass is 32.1. The highest BCUT2D eigenvalue weighted by molar-refractivity contribution is 7.13. The first-order valence-corrected chi connectivity index (χ1v) is 9.55. The molecule has 0 radical (unpaired) electrons. The topological polar surface area (TPSA) is 93.2 Å². The maximum atomic E-state index is 7.36. The normalized spacial score (nSPS) is 10.4. The first-order valence-electron chi connectivity index (χ1n) is 8.67. The molecule has 2 aromatic carbocycles. The fourth-order valence-electron chi connectivity index (χ4n) is 2.63. The molecule has 0 unspecified atom stereocenters. The zero-order valence-corrected chi connectivity index (χ0v) is 16.1. The number of hydrogen-bond donors (Lipinski definition) is 3. The predicted molar refractivity (Wildman–Crippen MR) is 111 cm³/mol. The van der Waals surface area contributed by atoms with Gasteiger partial charge in [-0.1, -0.05) is 12.1 Å². The van der Waals surface area contributed by atoms with Crippen molar-refractivity contribution in [3.8, 4) is 33.3 Å². The average molecular weight is 382 g/mol. The van der Waals surface area contributed by atoms with Crippen molar-refractivity contribution in [1.29, 1.82) is 5.41 Å². The van der Waals surface area contributed by atoms with Gasteiger partial charge in [0.05, 0.1) is 18.9 Å². The lowest BCUT2D eigenvalue weighted by Crippen LogP contribution is -2.20. The summed E-state index contributed by atoms with van der Waals surface area (Å²) in [4.78, 5) is 4.76. The van der Waals surface area contributed by atoms with Gasteiger partial charge in [0.1, 0.15) is 5.01 Å². The van der Waals surface area contributed by atoms with Gasteiger partial charge >= 0.3 is 0 Å². The monoisotopic (exact) mass is 382 g/mol. The third-order valence-corrected chi connectivity index (χ3v) is 4.62. The molecule has 140 valence electrons. The van der Waals surface area contributed by atoms with Crippen LogP contribution in [0, 0.1) is 5.41 Å². The smallest absolute Gasteiger partial charge is 0.190 e. The molecule has 0 fully saturated rings. The SMILES string of the molecule is CCOc1ccc(-c2nc(-c3cccc(NC(=N)N)c3)cs2)cc1OCC. The second-order valence-electron chi connectivity index (χ2n) is 5.68. The summed E-state index contributed by atoms with van der Waals surface area (Å²) in [5.74, 6) is 1.37. The van der Waals surface area contributed by atoms with E-state index in [2.05, 4.69) is 5.32 Å². The molecule has 6 nitrogen and oxygen atoms in total. The highest BCUT2D eigenvalue weighted by Gasteiger charge is 2.11. The standard InChI is InChI=1S/C20H22N4O2S/c1-3-25-17-9-8-14(11-18(17)26-4-2)19-24-16(12-27-19)13-6-5-7-15(10-13)23-20(21)22/h5-12H,3-4H2,1-2H3,(H4,21,22,23). The van der Waals surface area contributed by atoms with E-state index in [0.717, 1.165) is 39.0 Å². The van der Waals surface area contributed by atoms with E-state index in [4.69, 9.17) is 25.6 Å². The number of ether oxygens (including phenoxy) is 2. The van der Waals surface area contributed by atoms with Crippen LogP contribution in [-0.4, -0.2) is 24.2 Å². The second-order valence-corrected chi connectivity index (χ2v) is 6.54. The second kappa shape index (κ2) is 8.55. The van der Waals surface area contributed by atoms with Crippen molar-refractivity contribution < 1.29 is 9.47 Å². The van der Waals surface area contributed by atoms with Gasteiger partial charge in [0, 0.05) is 22.2 Å². The number of aromatic nitrogens is 1. The van der Waals surface area contributed by atoms with Crippen LogP contribution in [0.1, 0.15) is 13.8 Å². The fraction of sp³-hybridized carbons (Fsp3) is 0.200. The van der Waals surface area contributed by atoms with E-state index in [1.807, 2.05) is 61.7 Å². The van der Waals surface area contributed by atoms with Gasteiger partial charge in [-0.3, -0.25) is 5.41 Å². The summed E-state index contributed by atoms with van der Waals surface area (Å²) in [5, 5.41) is 13.1. The summed E-state index contributed by atoms with van der Waals surface area (Å²) in [6.07, 6.45) is 0. The zero-order chi connectivity index (χ0) is 19.2. The van der Waals surface area contributed by atoms with E-state index < -0.39 is 0 Å². The third-order valence-electron chi connectivity index (χ3n) is 3.73. The zero-order valence-electron chi connectivity index (χ0n) is 15.3. The summed E-state index contributed by atoms with van der Waals surface area (Å²) in [6, 6.07) is 13.5. The molecule has 0 aliphatic carbocycles. The number of rotatable bonds is 7. The maximum Gasteiger partial charge on any atom is 0.190 e. The molecule has 1 aromatic heterocycles. The van der Waals surface area contributed by atoms with Crippen molar-refractivity contribution in [3.63, 3.8) is 0 Å². The summed E-state index contributed by atoms with van der Waals surface area (Å²) >= 11 is 1.57. The van der Waals surface area contributed by atoms with Gasteiger partial charge in [-0.25, -0.2) is 4.98 Å². The number of nitrogens with two attached hydrogens (primary N) is 1. The van der Waals surface area contributed by atoms with Crippen LogP contribution in [0.15, 0.2) is 47.8 Å². The molecule has 3 rings (SSSR count). The van der Waals surface area contributed by atoms with Crippen LogP contribution in [0.25, 0.3) is 21.8 Å². The van der Waals surface area contributed by atoms with Crippen molar-refractivity contribution in [2.45, 2.75) is 13.8 Å². The van der Waals surface area contributed by atoms with E-state index in [1.165, 1.54) is 0 Å². The molecule has 0 saturated carbocycles. The molecule has 0 aliphatic heterocycles. The van der Waals surface area contributed by atoms with Crippen molar-refractivity contribution in [1.82, 2.24) is 4.98 Å². The summed E-state index contributed by atoms with van der Waals surface area (Å²) in [6.45, 7) is 5.06. The highest BCUT2D eigenvalue weighted by Crippen LogP contribution is 2.35. The minimum Gasteiger partial charge on any atom is -0.490 e. The Morgan fingerprint density at radius 2 is 1.85 bits per heavy atom. The van der Waals surface area contributed by atoms with Crippen LogP contribution in [-0.2, 0) is 0 Å². The predicted octanol–water partition coefficient (Wildman–Crippen LogP) is 4.58. The van der Waals surface area contributed by atoms with Crippen LogP contribution < -0.4 is 20.5 Å². The van der Waals surface area contributed by atoms with Gasteiger partial charge in [-0.2, -0.15) is 0 Å². The summed E-state index contributed by atoms with van der Waals surface area (Å²) in [5.41, 5.74) is 8.97. The Bertz CT molecular complexity index is 939. The minimum atomic E-state index is -0.0936. The number of anilines is 1. The van der Waals surface area contributed by atoms with E-state index >= 15 is 0 Å². The first kappa shape index (κ1) is 18.7. The molecule has 0 atom stereocenters. The molecule has 0 aliphatic rings. The summed E-state index contributed by atoms with van der Waals surface area (Å²) in [7, 11) is 0. The molecule has 7 heteroatoms. The lowest BCUT2D eigenvalue weighted by molar-refractivity contribution is 0.288. The molecular formula is C20H22N4O2S. The third kappa shape index (κ3) is 4.57.